The quantitative estimate of drug-likeness (QED) is 0.558. The van der Waals surface area contributed by atoms with Gasteiger partial charge in [0.05, 0.1) is 7.11 Å². The van der Waals surface area contributed by atoms with Gasteiger partial charge in [-0.25, -0.2) is 0 Å². The second-order valence-electron chi connectivity index (χ2n) is 3.06. The summed E-state index contributed by atoms with van der Waals surface area (Å²) in [5, 5.41) is 2.62. The Morgan fingerprint density at radius 1 is 1.50 bits per heavy atom. The maximum Gasteiger partial charge on any atom is 0.239 e. The average Bonchev–Trinajstić information content (AvgIpc) is 2.52. The predicted molar refractivity (Wildman–Crippen MR) is 50.4 cm³/mol. The lowest BCUT2D eigenvalue weighted by Crippen LogP contribution is -2.12. The fourth-order valence-corrected chi connectivity index (χ4v) is 1.53. The van der Waals surface area contributed by atoms with Gasteiger partial charge in [0, 0.05) is 5.69 Å². The van der Waals surface area contributed by atoms with E-state index in [-0.39, 0.29) is 5.91 Å². The molecule has 2 rings (SSSR count). The van der Waals surface area contributed by atoms with Crippen LogP contribution in [-0.4, -0.2) is 19.3 Å². The minimum absolute atomic E-state index is 0.275. The van der Waals surface area contributed by atoms with Gasteiger partial charge in [0.1, 0.15) is 18.0 Å². The Hall–Kier alpha value is -1.84. The van der Waals surface area contributed by atoms with Gasteiger partial charge < -0.3 is 14.8 Å². The molecule has 1 N–H and O–H groups in total. The van der Waals surface area contributed by atoms with E-state index in [9.17, 15) is 9.59 Å². The number of carbonyl (C=O) groups excluding carboxylic acids is 2. The van der Waals surface area contributed by atoms with E-state index in [4.69, 9.17) is 4.74 Å². The molecule has 1 heterocycles. The van der Waals surface area contributed by atoms with Crippen LogP contribution in [0.5, 0.6) is 5.75 Å². The summed E-state index contributed by atoms with van der Waals surface area (Å²) in [5.41, 5.74) is 1.37. The molecule has 0 radical (unpaired) electrons. The van der Waals surface area contributed by atoms with Crippen molar-refractivity contribution in [3.8, 4) is 5.75 Å². The maximum absolute atomic E-state index is 11.3. The van der Waals surface area contributed by atoms with E-state index in [1.54, 1.807) is 25.3 Å². The van der Waals surface area contributed by atoms with E-state index in [0.717, 1.165) is 0 Å². The van der Waals surface area contributed by atoms with E-state index < -0.39 is 5.92 Å². The third-order valence-electron chi connectivity index (χ3n) is 2.27. The molecule has 0 fully saturated rings. The summed E-state index contributed by atoms with van der Waals surface area (Å²) < 4.78 is 5.01. The van der Waals surface area contributed by atoms with Gasteiger partial charge in [0.2, 0.25) is 5.91 Å². The first kappa shape index (κ1) is 8.74. The number of methoxy groups -OCH3 is 1. The third kappa shape index (κ3) is 1.16. The lowest BCUT2D eigenvalue weighted by atomic mass is 10.0. The van der Waals surface area contributed by atoms with E-state index in [1.807, 2.05) is 0 Å². The van der Waals surface area contributed by atoms with Gasteiger partial charge in [0.25, 0.3) is 0 Å². The molecule has 0 aliphatic carbocycles. The number of anilines is 1. The molecule has 1 amide bonds. The lowest BCUT2D eigenvalue weighted by Gasteiger charge is -2.03. The maximum atomic E-state index is 11.3. The third-order valence-corrected chi connectivity index (χ3v) is 2.27. The SMILES string of the molecule is COc1ccc2c(c1)[C@H](C=O)C(=O)N2. The number of hydrogen-bond donors (Lipinski definition) is 1. The summed E-state index contributed by atoms with van der Waals surface area (Å²) in [5.74, 6) is -0.324. The number of ether oxygens (including phenoxy) is 1. The van der Waals surface area contributed by atoms with Crippen LogP contribution in [0.3, 0.4) is 0 Å². The molecule has 1 aliphatic heterocycles. The molecule has 1 aromatic rings. The standard InChI is InChI=1S/C10H9NO3/c1-14-6-2-3-9-7(4-6)8(5-12)10(13)11-9/h2-5,8H,1H3,(H,11,13)/t8-/m0/s1. The summed E-state index contributed by atoms with van der Waals surface area (Å²) in [7, 11) is 1.54. The molecule has 4 nitrogen and oxygen atoms in total. The predicted octanol–water partition coefficient (Wildman–Crippen LogP) is 0.930. The first-order valence-corrected chi connectivity index (χ1v) is 4.20. The second kappa shape index (κ2) is 3.14. The number of rotatable bonds is 2. The van der Waals surface area contributed by atoms with Gasteiger partial charge in [0.15, 0.2) is 0 Å². The van der Waals surface area contributed by atoms with Crippen LogP contribution >= 0.6 is 0 Å². The Balaban J connectivity index is 2.49. The number of nitrogens with one attached hydrogen (secondary N) is 1. The number of aldehydes is 1. The molecule has 0 aromatic heterocycles. The number of amides is 1. The number of hydrogen-bond acceptors (Lipinski definition) is 3. The topological polar surface area (TPSA) is 55.4 Å². The monoisotopic (exact) mass is 191 g/mol. The highest BCUT2D eigenvalue weighted by molar-refractivity contribution is 6.11. The molecule has 1 atom stereocenters. The first-order chi connectivity index (χ1) is 6.76. The van der Waals surface area contributed by atoms with Gasteiger partial charge in [-0.2, -0.15) is 0 Å². The molecule has 4 heteroatoms. The van der Waals surface area contributed by atoms with Crippen LogP contribution in [0.25, 0.3) is 0 Å². The van der Waals surface area contributed by atoms with E-state index in [0.29, 0.717) is 23.3 Å². The van der Waals surface area contributed by atoms with Gasteiger partial charge in [-0.3, -0.25) is 4.79 Å². The summed E-state index contributed by atoms with van der Waals surface area (Å²) >= 11 is 0. The summed E-state index contributed by atoms with van der Waals surface area (Å²) in [6.07, 6.45) is 0.639. The van der Waals surface area contributed by atoms with Crippen LogP contribution in [0, 0.1) is 0 Å². The highest BCUT2D eigenvalue weighted by Gasteiger charge is 2.30. The zero-order valence-corrected chi connectivity index (χ0v) is 7.61. The molecule has 0 saturated carbocycles. The smallest absolute Gasteiger partial charge is 0.239 e. The van der Waals surface area contributed by atoms with Crippen molar-refractivity contribution in [3.05, 3.63) is 23.8 Å². The number of carbonyl (C=O) groups is 2. The highest BCUT2D eigenvalue weighted by atomic mass is 16.5. The molecular weight excluding hydrogens is 182 g/mol. The minimum atomic E-state index is -0.694. The van der Waals surface area contributed by atoms with Crippen molar-refractivity contribution in [2.75, 3.05) is 12.4 Å². The van der Waals surface area contributed by atoms with E-state index in [2.05, 4.69) is 5.32 Å². The Morgan fingerprint density at radius 3 is 2.93 bits per heavy atom. The number of benzene rings is 1. The molecule has 72 valence electrons. The fraction of sp³-hybridized carbons (Fsp3) is 0.200. The van der Waals surface area contributed by atoms with Crippen LogP contribution in [0.4, 0.5) is 5.69 Å². The van der Waals surface area contributed by atoms with Gasteiger partial charge in [-0.1, -0.05) is 0 Å². The summed E-state index contributed by atoms with van der Waals surface area (Å²) in [4.78, 5) is 22.0. The molecule has 0 saturated heterocycles. The van der Waals surface area contributed by atoms with Crippen LogP contribution in [-0.2, 0) is 9.59 Å². The van der Waals surface area contributed by atoms with Crippen molar-refractivity contribution >= 4 is 17.9 Å². The second-order valence-corrected chi connectivity index (χ2v) is 3.06. The van der Waals surface area contributed by atoms with Crippen molar-refractivity contribution in [1.29, 1.82) is 0 Å². The Morgan fingerprint density at radius 2 is 2.29 bits per heavy atom. The normalized spacial score (nSPS) is 18.6. The Labute approximate surface area is 80.9 Å². The van der Waals surface area contributed by atoms with Crippen LogP contribution in [0.15, 0.2) is 18.2 Å². The molecule has 14 heavy (non-hydrogen) atoms. The highest BCUT2D eigenvalue weighted by Crippen LogP contribution is 2.33. The largest absolute Gasteiger partial charge is 0.497 e. The molecule has 0 unspecified atom stereocenters. The Kier molecular flexibility index (Phi) is 1.96. The van der Waals surface area contributed by atoms with Crippen LogP contribution in [0.1, 0.15) is 11.5 Å². The zero-order valence-electron chi connectivity index (χ0n) is 7.61. The molecule has 1 aliphatic rings. The van der Waals surface area contributed by atoms with Crippen molar-refractivity contribution in [1.82, 2.24) is 0 Å². The van der Waals surface area contributed by atoms with Crippen molar-refractivity contribution in [2.24, 2.45) is 0 Å². The van der Waals surface area contributed by atoms with Crippen molar-refractivity contribution in [2.45, 2.75) is 5.92 Å². The molecule has 0 spiro atoms. The van der Waals surface area contributed by atoms with Crippen molar-refractivity contribution < 1.29 is 14.3 Å². The first-order valence-electron chi connectivity index (χ1n) is 4.20. The Bertz CT molecular complexity index is 400. The van der Waals surface area contributed by atoms with E-state index in [1.165, 1.54) is 0 Å². The van der Waals surface area contributed by atoms with Crippen LogP contribution < -0.4 is 10.1 Å². The van der Waals surface area contributed by atoms with Crippen molar-refractivity contribution in [3.63, 3.8) is 0 Å². The van der Waals surface area contributed by atoms with E-state index >= 15 is 0 Å². The van der Waals surface area contributed by atoms with Crippen LogP contribution in [0.2, 0.25) is 0 Å². The summed E-state index contributed by atoms with van der Waals surface area (Å²) in [6.45, 7) is 0. The minimum Gasteiger partial charge on any atom is -0.497 e. The average molecular weight is 191 g/mol. The fourth-order valence-electron chi connectivity index (χ4n) is 1.53. The lowest BCUT2D eigenvalue weighted by molar-refractivity contribution is -0.121. The molecule has 1 aromatic carbocycles. The summed E-state index contributed by atoms with van der Waals surface area (Å²) in [6, 6.07) is 5.17. The van der Waals surface area contributed by atoms with Gasteiger partial charge in [-0.15, -0.1) is 0 Å². The van der Waals surface area contributed by atoms with Gasteiger partial charge >= 0.3 is 0 Å². The molecule has 0 bridgehead atoms. The molecular formula is C10H9NO3. The van der Waals surface area contributed by atoms with Gasteiger partial charge in [-0.05, 0) is 23.8 Å². The zero-order chi connectivity index (χ0) is 10.1. The number of fused-ring (bicyclic) bond motifs is 1.